The third-order valence-corrected chi connectivity index (χ3v) is 3.91. The Hall–Kier alpha value is -3.15. The standard InChI is InChI=1S/C21H23NO5/c1-4-7-19(23)22-16-12-10-15(11-13-16)20(24)14(2)27-21(25)17-8-5-6-9-18(17)26-3/h5-6,8-14H,4,7H2,1-3H3,(H,22,23). The van der Waals surface area contributed by atoms with E-state index >= 15 is 0 Å². The van der Waals surface area contributed by atoms with Crippen molar-refractivity contribution < 1.29 is 23.9 Å². The molecule has 2 aromatic carbocycles. The highest BCUT2D eigenvalue weighted by molar-refractivity contribution is 6.02. The van der Waals surface area contributed by atoms with Crippen molar-refractivity contribution in [2.45, 2.75) is 32.8 Å². The van der Waals surface area contributed by atoms with Crippen LogP contribution in [0.25, 0.3) is 0 Å². The van der Waals surface area contributed by atoms with Crippen molar-refractivity contribution in [2.24, 2.45) is 0 Å². The second-order valence-electron chi connectivity index (χ2n) is 5.99. The van der Waals surface area contributed by atoms with E-state index in [9.17, 15) is 14.4 Å². The van der Waals surface area contributed by atoms with Crippen LogP contribution in [0.3, 0.4) is 0 Å². The molecule has 0 bridgehead atoms. The fourth-order valence-corrected chi connectivity index (χ4v) is 2.49. The van der Waals surface area contributed by atoms with E-state index in [1.54, 1.807) is 48.5 Å². The Bertz CT molecular complexity index is 814. The van der Waals surface area contributed by atoms with Gasteiger partial charge in [0.2, 0.25) is 11.7 Å². The molecule has 0 saturated heterocycles. The molecule has 0 aromatic heterocycles. The highest BCUT2D eigenvalue weighted by Gasteiger charge is 2.22. The number of nitrogens with one attached hydrogen (secondary N) is 1. The Labute approximate surface area is 158 Å². The van der Waals surface area contributed by atoms with Gasteiger partial charge in [-0.15, -0.1) is 0 Å². The van der Waals surface area contributed by atoms with Crippen molar-refractivity contribution in [1.82, 2.24) is 0 Å². The third-order valence-electron chi connectivity index (χ3n) is 3.91. The monoisotopic (exact) mass is 369 g/mol. The molecule has 1 amide bonds. The maximum absolute atomic E-state index is 12.5. The molecule has 6 nitrogen and oxygen atoms in total. The first kappa shape index (κ1) is 20.2. The van der Waals surface area contributed by atoms with Crippen LogP contribution in [0.15, 0.2) is 48.5 Å². The second-order valence-corrected chi connectivity index (χ2v) is 5.99. The number of benzene rings is 2. The number of rotatable bonds is 8. The lowest BCUT2D eigenvalue weighted by Crippen LogP contribution is -2.24. The van der Waals surface area contributed by atoms with Crippen LogP contribution in [0, 0.1) is 0 Å². The van der Waals surface area contributed by atoms with Crippen LogP contribution in [0.4, 0.5) is 5.69 Å². The van der Waals surface area contributed by atoms with E-state index < -0.39 is 12.1 Å². The first-order valence-electron chi connectivity index (χ1n) is 8.74. The van der Waals surface area contributed by atoms with Crippen LogP contribution >= 0.6 is 0 Å². The number of ether oxygens (including phenoxy) is 2. The summed E-state index contributed by atoms with van der Waals surface area (Å²) >= 11 is 0. The molecule has 0 fully saturated rings. The van der Waals surface area contributed by atoms with Gasteiger partial charge in [0.15, 0.2) is 6.10 Å². The average Bonchev–Trinajstić information content (AvgIpc) is 2.68. The lowest BCUT2D eigenvalue weighted by molar-refractivity contribution is -0.116. The summed E-state index contributed by atoms with van der Waals surface area (Å²) in [6.45, 7) is 3.45. The van der Waals surface area contributed by atoms with Crippen LogP contribution in [-0.4, -0.2) is 30.9 Å². The van der Waals surface area contributed by atoms with Gasteiger partial charge in [-0.25, -0.2) is 4.79 Å². The summed E-state index contributed by atoms with van der Waals surface area (Å²) in [5.41, 5.74) is 1.26. The molecule has 0 aliphatic heterocycles. The minimum atomic E-state index is -0.956. The Morgan fingerprint density at radius 1 is 1.04 bits per heavy atom. The fourth-order valence-electron chi connectivity index (χ4n) is 2.49. The predicted octanol–water partition coefficient (Wildman–Crippen LogP) is 3.86. The topological polar surface area (TPSA) is 81.7 Å². The van der Waals surface area contributed by atoms with E-state index in [4.69, 9.17) is 9.47 Å². The van der Waals surface area contributed by atoms with E-state index in [1.807, 2.05) is 6.92 Å². The average molecular weight is 369 g/mol. The van der Waals surface area contributed by atoms with Crippen molar-refractivity contribution >= 4 is 23.3 Å². The summed E-state index contributed by atoms with van der Waals surface area (Å²) in [7, 11) is 1.46. The van der Waals surface area contributed by atoms with Gasteiger partial charge in [0, 0.05) is 17.7 Å². The molecule has 2 aromatic rings. The lowest BCUT2D eigenvalue weighted by Gasteiger charge is -2.14. The molecule has 0 aliphatic carbocycles. The zero-order valence-electron chi connectivity index (χ0n) is 15.7. The largest absolute Gasteiger partial charge is 0.496 e. The smallest absolute Gasteiger partial charge is 0.342 e. The van der Waals surface area contributed by atoms with Crippen LogP contribution in [0.5, 0.6) is 5.75 Å². The van der Waals surface area contributed by atoms with Gasteiger partial charge in [-0.2, -0.15) is 0 Å². The van der Waals surface area contributed by atoms with Crippen LogP contribution < -0.4 is 10.1 Å². The molecule has 1 atom stereocenters. The van der Waals surface area contributed by atoms with E-state index in [-0.39, 0.29) is 17.3 Å². The molecule has 2 rings (SSSR count). The molecule has 0 aliphatic rings. The van der Waals surface area contributed by atoms with E-state index in [1.165, 1.54) is 14.0 Å². The maximum atomic E-state index is 12.5. The summed E-state index contributed by atoms with van der Waals surface area (Å²) in [6.07, 6.45) is 0.247. The minimum absolute atomic E-state index is 0.0734. The number of para-hydroxylation sites is 1. The third kappa shape index (κ3) is 5.41. The van der Waals surface area contributed by atoms with Crippen molar-refractivity contribution in [3.05, 3.63) is 59.7 Å². The van der Waals surface area contributed by atoms with Crippen molar-refractivity contribution in [2.75, 3.05) is 12.4 Å². The van der Waals surface area contributed by atoms with Gasteiger partial charge in [-0.1, -0.05) is 19.1 Å². The molecule has 0 saturated carbocycles. The number of amides is 1. The van der Waals surface area contributed by atoms with Gasteiger partial charge in [0.25, 0.3) is 0 Å². The maximum Gasteiger partial charge on any atom is 0.342 e. The number of hydrogen-bond acceptors (Lipinski definition) is 5. The van der Waals surface area contributed by atoms with E-state index in [0.717, 1.165) is 6.42 Å². The molecule has 1 unspecified atom stereocenters. The summed E-state index contributed by atoms with van der Waals surface area (Å²) in [5, 5.41) is 2.76. The van der Waals surface area contributed by atoms with Gasteiger partial charge in [-0.05, 0) is 49.7 Å². The summed E-state index contributed by atoms with van der Waals surface area (Å²) in [5.74, 6) is -0.647. The first-order valence-corrected chi connectivity index (χ1v) is 8.74. The molecule has 27 heavy (non-hydrogen) atoms. The molecule has 142 valence electrons. The second kappa shape index (κ2) is 9.52. The van der Waals surface area contributed by atoms with Crippen LogP contribution in [0.1, 0.15) is 47.4 Å². The summed E-state index contributed by atoms with van der Waals surface area (Å²) < 4.78 is 10.4. The van der Waals surface area contributed by atoms with Crippen molar-refractivity contribution in [1.29, 1.82) is 0 Å². The highest BCUT2D eigenvalue weighted by atomic mass is 16.5. The SMILES string of the molecule is CCCC(=O)Nc1ccc(C(=O)C(C)OC(=O)c2ccccc2OC)cc1. The Morgan fingerprint density at radius 3 is 2.33 bits per heavy atom. The quantitative estimate of drug-likeness (QED) is 0.564. The van der Waals surface area contributed by atoms with Gasteiger partial charge in [0.1, 0.15) is 11.3 Å². The Kier molecular flexibility index (Phi) is 7.11. The number of anilines is 1. The fraction of sp³-hybridized carbons (Fsp3) is 0.286. The number of methoxy groups -OCH3 is 1. The number of Topliss-reactive ketones (excluding diaryl/α,β-unsaturated/α-hetero) is 1. The van der Waals surface area contributed by atoms with Crippen molar-refractivity contribution in [3.63, 3.8) is 0 Å². The number of hydrogen-bond donors (Lipinski definition) is 1. The van der Waals surface area contributed by atoms with Gasteiger partial charge < -0.3 is 14.8 Å². The summed E-state index contributed by atoms with van der Waals surface area (Å²) in [6, 6.07) is 13.1. The van der Waals surface area contributed by atoms with Crippen LogP contribution in [-0.2, 0) is 9.53 Å². The molecule has 0 radical (unpaired) electrons. The van der Waals surface area contributed by atoms with E-state index in [2.05, 4.69) is 5.32 Å². The molecule has 6 heteroatoms. The zero-order valence-corrected chi connectivity index (χ0v) is 15.7. The van der Waals surface area contributed by atoms with E-state index in [0.29, 0.717) is 23.4 Å². The molecular weight excluding hydrogens is 346 g/mol. The highest BCUT2D eigenvalue weighted by Crippen LogP contribution is 2.20. The molecule has 0 heterocycles. The lowest BCUT2D eigenvalue weighted by atomic mass is 10.1. The molecule has 0 spiro atoms. The van der Waals surface area contributed by atoms with Crippen LogP contribution in [0.2, 0.25) is 0 Å². The molecular formula is C21H23NO5. The summed E-state index contributed by atoms with van der Waals surface area (Å²) in [4.78, 5) is 36.4. The zero-order chi connectivity index (χ0) is 19.8. The van der Waals surface area contributed by atoms with Gasteiger partial charge >= 0.3 is 5.97 Å². The van der Waals surface area contributed by atoms with Crippen molar-refractivity contribution in [3.8, 4) is 5.75 Å². The Morgan fingerprint density at radius 2 is 1.70 bits per heavy atom. The minimum Gasteiger partial charge on any atom is -0.496 e. The van der Waals surface area contributed by atoms with Gasteiger partial charge in [0.05, 0.1) is 7.11 Å². The molecule has 1 N–H and O–H groups in total. The number of carbonyl (C=O) groups is 3. The first-order chi connectivity index (χ1) is 13.0. The predicted molar refractivity (Wildman–Crippen MR) is 102 cm³/mol. The van der Waals surface area contributed by atoms with Gasteiger partial charge in [-0.3, -0.25) is 9.59 Å². The number of carbonyl (C=O) groups excluding carboxylic acids is 3. The number of ketones is 1. The Balaban J connectivity index is 2.02. The normalized spacial score (nSPS) is 11.4. The number of esters is 1.